The van der Waals surface area contributed by atoms with E-state index in [1.54, 1.807) is 11.3 Å². The molecule has 2 aromatic heterocycles. The Labute approximate surface area is 135 Å². The van der Waals surface area contributed by atoms with Gasteiger partial charge in [0.2, 0.25) is 0 Å². The Morgan fingerprint density at radius 3 is 2.55 bits per heavy atom. The van der Waals surface area contributed by atoms with Crippen molar-refractivity contribution in [2.45, 2.75) is 0 Å². The highest BCUT2D eigenvalue weighted by atomic mass is 79.9. The van der Waals surface area contributed by atoms with Crippen LogP contribution in [0.3, 0.4) is 0 Å². The van der Waals surface area contributed by atoms with E-state index in [1.807, 2.05) is 42.5 Å². The van der Waals surface area contributed by atoms with Crippen molar-refractivity contribution in [3.8, 4) is 11.3 Å². The molecule has 5 heteroatoms. The van der Waals surface area contributed by atoms with Gasteiger partial charge in [0.15, 0.2) is 4.96 Å². The van der Waals surface area contributed by atoms with Crippen LogP contribution in [-0.2, 0) is 0 Å². The van der Waals surface area contributed by atoms with E-state index in [9.17, 15) is 0 Å². The molecule has 0 atom stereocenters. The van der Waals surface area contributed by atoms with E-state index in [2.05, 4.69) is 20.8 Å². The average Bonchev–Trinajstić information content (AvgIpc) is 2.98. The van der Waals surface area contributed by atoms with Crippen LogP contribution in [0.2, 0.25) is 5.02 Å². The summed E-state index contributed by atoms with van der Waals surface area (Å²) in [6.07, 6.45) is 0. The van der Waals surface area contributed by atoms with E-state index in [1.165, 1.54) is 0 Å². The first-order valence-electron chi connectivity index (χ1n) is 5.93. The predicted octanol–water partition coefficient (Wildman–Crippen LogP) is 1.87. The van der Waals surface area contributed by atoms with Crippen LogP contribution in [0.4, 0.5) is 0 Å². The van der Waals surface area contributed by atoms with Gasteiger partial charge in [-0.05, 0) is 29.8 Å². The van der Waals surface area contributed by atoms with E-state index >= 15 is 0 Å². The lowest BCUT2D eigenvalue weighted by Crippen LogP contribution is -3.00. The van der Waals surface area contributed by atoms with Crippen molar-refractivity contribution in [1.29, 1.82) is 0 Å². The second-order valence-electron chi connectivity index (χ2n) is 4.35. The molecule has 0 unspecified atom stereocenters. The second kappa shape index (κ2) is 5.20. The average molecular weight is 365 g/mol. The van der Waals surface area contributed by atoms with Crippen molar-refractivity contribution < 1.29 is 17.0 Å². The topological polar surface area (TPSA) is 17.3 Å². The van der Waals surface area contributed by atoms with Gasteiger partial charge < -0.3 is 17.0 Å². The van der Waals surface area contributed by atoms with Crippen LogP contribution in [0.15, 0.2) is 53.9 Å². The van der Waals surface area contributed by atoms with Crippen molar-refractivity contribution in [2.75, 3.05) is 0 Å². The Morgan fingerprint density at radius 2 is 1.75 bits per heavy atom. The fourth-order valence-electron chi connectivity index (χ4n) is 2.29. The third-order valence-corrected chi connectivity index (χ3v) is 4.26. The van der Waals surface area contributed by atoms with Gasteiger partial charge in [-0.1, -0.05) is 35.9 Å². The fourth-order valence-corrected chi connectivity index (χ4v) is 3.33. The molecule has 4 rings (SSSR count). The van der Waals surface area contributed by atoms with Crippen LogP contribution in [-0.4, -0.2) is 9.38 Å². The van der Waals surface area contributed by atoms with Gasteiger partial charge in [-0.25, -0.2) is 4.98 Å². The molecular formula is C15H9BrClN2S-. The Hall–Kier alpha value is -1.36. The molecule has 0 radical (unpaired) electrons. The zero-order chi connectivity index (χ0) is 12.8. The summed E-state index contributed by atoms with van der Waals surface area (Å²) in [4.78, 5) is 5.65. The summed E-state index contributed by atoms with van der Waals surface area (Å²) in [5, 5.41) is 2.89. The summed E-state index contributed by atoms with van der Waals surface area (Å²) < 4.78 is 2.20. The van der Waals surface area contributed by atoms with E-state index in [0.717, 1.165) is 32.3 Å². The molecule has 0 spiro atoms. The molecule has 0 aliphatic heterocycles. The normalized spacial score (nSPS) is 10.8. The highest BCUT2D eigenvalue weighted by Crippen LogP contribution is 2.30. The van der Waals surface area contributed by atoms with Crippen molar-refractivity contribution in [3.05, 3.63) is 58.9 Å². The SMILES string of the molecule is Clc1ccc(-c2csc3nc4ccccc4n23)cc1.[Br-]. The van der Waals surface area contributed by atoms with Gasteiger partial charge in [0.05, 0.1) is 16.7 Å². The highest BCUT2D eigenvalue weighted by molar-refractivity contribution is 7.15. The Morgan fingerprint density at radius 1 is 1.00 bits per heavy atom. The number of nitrogens with zero attached hydrogens (tertiary/aromatic N) is 2. The van der Waals surface area contributed by atoms with E-state index < -0.39 is 0 Å². The minimum absolute atomic E-state index is 0. The van der Waals surface area contributed by atoms with Gasteiger partial charge >= 0.3 is 0 Å². The highest BCUT2D eigenvalue weighted by Gasteiger charge is 2.11. The first-order valence-corrected chi connectivity index (χ1v) is 7.19. The maximum atomic E-state index is 5.95. The number of hydrogen-bond donors (Lipinski definition) is 0. The standard InChI is InChI=1S/C15H9ClN2S.BrH/c16-11-7-5-10(6-8-11)14-9-19-15-17-12-3-1-2-4-13(12)18(14)15;/h1-9H;1H/p-1. The Balaban J connectivity index is 0.00000121. The Bertz CT molecular complexity index is 880. The number of benzene rings is 2. The van der Waals surface area contributed by atoms with E-state index in [4.69, 9.17) is 11.6 Å². The zero-order valence-corrected chi connectivity index (χ0v) is 13.4. The third-order valence-electron chi connectivity index (χ3n) is 3.19. The molecule has 0 aliphatic rings. The summed E-state index contributed by atoms with van der Waals surface area (Å²) in [5.74, 6) is 0. The quantitative estimate of drug-likeness (QED) is 0.504. The van der Waals surface area contributed by atoms with Gasteiger partial charge in [-0.2, -0.15) is 0 Å². The van der Waals surface area contributed by atoms with Crippen molar-refractivity contribution >= 4 is 38.9 Å². The minimum Gasteiger partial charge on any atom is -1.00 e. The summed E-state index contributed by atoms with van der Waals surface area (Å²) in [6, 6.07) is 16.1. The van der Waals surface area contributed by atoms with Crippen molar-refractivity contribution in [2.24, 2.45) is 0 Å². The maximum Gasteiger partial charge on any atom is 0.195 e. The molecule has 20 heavy (non-hydrogen) atoms. The molecule has 2 heterocycles. The lowest BCUT2D eigenvalue weighted by atomic mass is 10.2. The number of fused-ring (bicyclic) bond motifs is 3. The lowest BCUT2D eigenvalue weighted by molar-refractivity contribution is -0.00000358. The smallest absolute Gasteiger partial charge is 0.195 e. The van der Waals surface area contributed by atoms with Gasteiger partial charge in [-0.3, -0.25) is 4.40 Å². The molecule has 0 amide bonds. The third kappa shape index (κ3) is 2.04. The van der Waals surface area contributed by atoms with Crippen LogP contribution in [0, 0.1) is 0 Å². The van der Waals surface area contributed by atoms with Gasteiger partial charge in [0.25, 0.3) is 0 Å². The van der Waals surface area contributed by atoms with Gasteiger partial charge in [0, 0.05) is 10.4 Å². The predicted molar refractivity (Wildman–Crippen MR) is 81.0 cm³/mol. The number of thiazole rings is 1. The summed E-state index contributed by atoms with van der Waals surface area (Å²) in [7, 11) is 0. The monoisotopic (exact) mass is 363 g/mol. The first kappa shape index (κ1) is 13.6. The van der Waals surface area contributed by atoms with Crippen LogP contribution in [0.25, 0.3) is 27.3 Å². The number of para-hydroxylation sites is 2. The molecule has 2 nitrogen and oxygen atoms in total. The van der Waals surface area contributed by atoms with Crippen LogP contribution in [0.5, 0.6) is 0 Å². The minimum atomic E-state index is 0. The number of hydrogen-bond acceptors (Lipinski definition) is 2. The van der Waals surface area contributed by atoms with Crippen LogP contribution in [0.1, 0.15) is 0 Å². The molecule has 0 bridgehead atoms. The number of rotatable bonds is 1. The van der Waals surface area contributed by atoms with Crippen molar-refractivity contribution in [3.63, 3.8) is 0 Å². The first-order chi connectivity index (χ1) is 9.33. The second-order valence-corrected chi connectivity index (χ2v) is 5.62. The largest absolute Gasteiger partial charge is 1.00 e. The molecule has 4 aromatic rings. The molecule has 100 valence electrons. The maximum absolute atomic E-state index is 5.95. The zero-order valence-electron chi connectivity index (χ0n) is 10.3. The molecule has 0 saturated carbocycles. The van der Waals surface area contributed by atoms with E-state index in [0.29, 0.717) is 0 Å². The molecule has 0 fully saturated rings. The summed E-state index contributed by atoms with van der Waals surface area (Å²) >= 11 is 7.61. The molecule has 0 saturated heterocycles. The number of halogens is 2. The summed E-state index contributed by atoms with van der Waals surface area (Å²) in [6.45, 7) is 0. The summed E-state index contributed by atoms with van der Waals surface area (Å²) in [5.41, 5.74) is 4.48. The molecule has 0 aliphatic carbocycles. The lowest BCUT2D eigenvalue weighted by Gasteiger charge is -2.01. The van der Waals surface area contributed by atoms with Crippen molar-refractivity contribution in [1.82, 2.24) is 9.38 Å². The van der Waals surface area contributed by atoms with Gasteiger partial charge in [-0.15, -0.1) is 11.3 Å². The molecular weight excluding hydrogens is 356 g/mol. The molecule has 0 N–H and O–H groups in total. The van der Waals surface area contributed by atoms with Gasteiger partial charge in [0.1, 0.15) is 0 Å². The van der Waals surface area contributed by atoms with E-state index in [-0.39, 0.29) is 17.0 Å². The fraction of sp³-hybridized carbons (Fsp3) is 0. The van der Waals surface area contributed by atoms with Crippen LogP contribution >= 0.6 is 22.9 Å². The number of aromatic nitrogens is 2. The molecule has 2 aromatic carbocycles. The Kier molecular flexibility index (Phi) is 3.54. The number of imidazole rings is 1. The van der Waals surface area contributed by atoms with Crippen LogP contribution < -0.4 is 17.0 Å².